The third kappa shape index (κ3) is 5.89. The predicted octanol–water partition coefficient (Wildman–Crippen LogP) is 3.20. The molecule has 0 spiro atoms. The van der Waals surface area contributed by atoms with Gasteiger partial charge in [0.2, 0.25) is 0 Å². The summed E-state index contributed by atoms with van der Waals surface area (Å²) in [7, 11) is 0. The minimum atomic E-state index is 0.182. The van der Waals surface area contributed by atoms with Crippen LogP contribution in [0, 0.1) is 0 Å². The normalized spacial score (nSPS) is 23.6. The van der Waals surface area contributed by atoms with Crippen molar-refractivity contribution in [1.82, 2.24) is 14.7 Å². The van der Waals surface area contributed by atoms with Gasteiger partial charge in [-0.3, -0.25) is 4.79 Å². The highest BCUT2D eigenvalue weighted by atomic mass is 32.2. The van der Waals surface area contributed by atoms with Crippen molar-refractivity contribution >= 4 is 17.7 Å². The summed E-state index contributed by atoms with van der Waals surface area (Å²) in [6.45, 7) is 8.59. The van der Waals surface area contributed by atoms with Gasteiger partial charge >= 0.3 is 0 Å². The molecular weight excluding hydrogens is 382 g/mol. The van der Waals surface area contributed by atoms with Gasteiger partial charge in [0.05, 0.1) is 6.61 Å². The number of amides is 1. The molecular formula is C23H35N3O2S. The average molecular weight is 418 g/mol. The second-order valence-corrected chi connectivity index (χ2v) is 9.71. The lowest BCUT2D eigenvalue weighted by molar-refractivity contribution is 0.0708. The van der Waals surface area contributed by atoms with E-state index < -0.39 is 0 Å². The minimum Gasteiger partial charge on any atom is -0.494 e. The van der Waals surface area contributed by atoms with Gasteiger partial charge in [0.15, 0.2) is 0 Å². The average Bonchev–Trinajstić information content (AvgIpc) is 3.44. The van der Waals surface area contributed by atoms with Crippen LogP contribution in [0.4, 0.5) is 0 Å². The van der Waals surface area contributed by atoms with Crippen LogP contribution < -0.4 is 4.74 Å². The first-order valence-electron chi connectivity index (χ1n) is 11.4. The molecule has 5 nitrogen and oxygen atoms in total. The lowest BCUT2D eigenvalue weighted by atomic mass is 10.1. The summed E-state index contributed by atoms with van der Waals surface area (Å²) in [5.41, 5.74) is 0.788. The number of ether oxygens (including phenoxy) is 1. The zero-order valence-corrected chi connectivity index (χ0v) is 18.4. The molecule has 1 aromatic rings. The zero-order chi connectivity index (χ0) is 19.9. The summed E-state index contributed by atoms with van der Waals surface area (Å²) in [5.74, 6) is 3.56. The Hall–Kier alpha value is -1.24. The van der Waals surface area contributed by atoms with Crippen LogP contribution in [0.2, 0.25) is 0 Å². The van der Waals surface area contributed by atoms with Crippen molar-refractivity contribution in [3.05, 3.63) is 29.8 Å². The molecule has 1 aromatic carbocycles. The van der Waals surface area contributed by atoms with Crippen molar-refractivity contribution in [2.45, 2.75) is 38.1 Å². The highest BCUT2D eigenvalue weighted by Gasteiger charge is 2.31. The lowest BCUT2D eigenvalue weighted by Crippen LogP contribution is -2.42. The Morgan fingerprint density at radius 2 is 1.72 bits per heavy atom. The maximum absolute atomic E-state index is 13.0. The number of likely N-dealkylation sites (tertiary alicyclic amines) is 2. The van der Waals surface area contributed by atoms with Gasteiger partial charge in [-0.15, -0.1) is 0 Å². The molecule has 29 heavy (non-hydrogen) atoms. The highest BCUT2D eigenvalue weighted by Crippen LogP contribution is 2.23. The fourth-order valence-corrected chi connectivity index (χ4v) is 5.70. The number of thioether (sulfide) groups is 1. The smallest absolute Gasteiger partial charge is 0.254 e. The number of carbonyl (C=O) groups excluding carboxylic acids is 1. The van der Waals surface area contributed by atoms with Gasteiger partial charge in [0.1, 0.15) is 5.75 Å². The van der Waals surface area contributed by atoms with Gasteiger partial charge in [-0.2, -0.15) is 11.8 Å². The summed E-state index contributed by atoms with van der Waals surface area (Å²) in [4.78, 5) is 20.2. The molecule has 0 N–H and O–H groups in total. The van der Waals surface area contributed by atoms with E-state index in [1.165, 1.54) is 50.5 Å². The zero-order valence-electron chi connectivity index (χ0n) is 17.6. The third-order valence-electron chi connectivity index (χ3n) is 6.40. The molecule has 3 heterocycles. The van der Waals surface area contributed by atoms with Gasteiger partial charge in [-0.25, -0.2) is 0 Å². The number of carbonyl (C=O) groups is 1. The van der Waals surface area contributed by atoms with E-state index in [1.54, 1.807) is 0 Å². The SMILES string of the molecule is O=C(c1ccc(OCCCN2CCSCC2)cc1)N1CCC[C@H]1CN1CCCC1. The summed E-state index contributed by atoms with van der Waals surface area (Å²) >= 11 is 2.05. The van der Waals surface area contributed by atoms with Crippen LogP contribution in [0.1, 0.15) is 42.5 Å². The molecule has 0 saturated carbocycles. The van der Waals surface area contributed by atoms with E-state index >= 15 is 0 Å². The summed E-state index contributed by atoms with van der Waals surface area (Å²) < 4.78 is 5.90. The van der Waals surface area contributed by atoms with Gasteiger partial charge in [-0.05, 0) is 69.5 Å². The summed E-state index contributed by atoms with van der Waals surface area (Å²) in [5, 5.41) is 0. The maximum Gasteiger partial charge on any atom is 0.254 e. The Balaban J connectivity index is 1.23. The van der Waals surface area contributed by atoms with E-state index in [1.807, 2.05) is 36.0 Å². The van der Waals surface area contributed by atoms with E-state index in [2.05, 4.69) is 14.7 Å². The Kier molecular flexibility index (Phi) is 7.74. The van der Waals surface area contributed by atoms with Crippen LogP contribution in [0.3, 0.4) is 0 Å². The molecule has 0 radical (unpaired) electrons. The first-order chi connectivity index (χ1) is 14.3. The molecule has 1 amide bonds. The fourth-order valence-electron chi connectivity index (χ4n) is 4.72. The number of benzene rings is 1. The first-order valence-corrected chi connectivity index (χ1v) is 12.5. The van der Waals surface area contributed by atoms with Gasteiger partial charge in [-0.1, -0.05) is 0 Å². The van der Waals surface area contributed by atoms with Gasteiger partial charge < -0.3 is 19.4 Å². The molecule has 4 rings (SSSR count). The molecule has 6 heteroatoms. The molecule has 0 bridgehead atoms. The van der Waals surface area contributed by atoms with E-state index in [-0.39, 0.29) is 5.91 Å². The molecule has 3 aliphatic rings. The predicted molar refractivity (Wildman–Crippen MR) is 120 cm³/mol. The van der Waals surface area contributed by atoms with Crippen LogP contribution in [-0.4, -0.2) is 90.6 Å². The molecule has 0 aromatic heterocycles. The lowest BCUT2D eigenvalue weighted by Gasteiger charge is -2.28. The van der Waals surface area contributed by atoms with E-state index in [9.17, 15) is 4.79 Å². The quantitative estimate of drug-likeness (QED) is 0.607. The van der Waals surface area contributed by atoms with Crippen LogP contribution in [0.25, 0.3) is 0 Å². The summed E-state index contributed by atoms with van der Waals surface area (Å²) in [6, 6.07) is 8.16. The first kappa shape index (κ1) is 21.0. The van der Waals surface area contributed by atoms with Crippen LogP contribution in [-0.2, 0) is 0 Å². The highest BCUT2D eigenvalue weighted by molar-refractivity contribution is 7.99. The van der Waals surface area contributed by atoms with Crippen molar-refractivity contribution in [3.8, 4) is 5.75 Å². The Bertz CT molecular complexity index is 642. The molecule has 3 aliphatic heterocycles. The van der Waals surface area contributed by atoms with Crippen molar-refractivity contribution in [1.29, 1.82) is 0 Å². The van der Waals surface area contributed by atoms with Gasteiger partial charge in [0, 0.05) is 55.8 Å². The summed E-state index contributed by atoms with van der Waals surface area (Å²) in [6.07, 6.45) is 5.93. The van der Waals surface area contributed by atoms with Gasteiger partial charge in [0.25, 0.3) is 5.91 Å². The molecule has 3 fully saturated rings. The van der Waals surface area contributed by atoms with Crippen LogP contribution >= 0.6 is 11.8 Å². The largest absolute Gasteiger partial charge is 0.494 e. The molecule has 1 atom stereocenters. The van der Waals surface area contributed by atoms with E-state index in [0.29, 0.717) is 6.04 Å². The molecule has 0 unspecified atom stereocenters. The number of rotatable bonds is 8. The van der Waals surface area contributed by atoms with Crippen molar-refractivity contribution < 1.29 is 9.53 Å². The standard InChI is InChI=1S/C23H35N3O2S/c27-23(26-13-3-5-21(26)19-25-10-1-2-11-25)20-6-8-22(9-7-20)28-16-4-12-24-14-17-29-18-15-24/h6-9,21H,1-5,10-19H2/t21-/m0/s1. The molecule has 160 valence electrons. The topological polar surface area (TPSA) is 36.0 Å². The van der Waals surface area contributed by atoms with Crippen molar-refractivity contribution in [3.63, 3.8) is 0 Å². The van der Waals surface area contributed by atoms with Crippen molar-refractivity contribution in [2.24, 2.45) is 0 Å². The van der Waals surface area contributed by atoms with Crippen LogP contribution in [0.5, 0.6) is 5.75 Å². The second-order valence-electron chi connectivity index (χ2n) is 8.48. The number of hydrogen-bond donors (Lipinski definition) is 0. The maximum atomic E-state index is 13.0. The Morgan fingerprint density at radius 3 is 2.48 bits per heavy atom. The third-order valence-corrected chi connectivity index (χ3v) is 7.34. The van der Waals surface area contributed by atoms with E-state index in [4.69, 9.17) is 4.74 Å². The molecule has 0 aliphatic carbocycles. The van der Waals surface area contributed by atoms with Crippen molar-refractivity contribution in [2.75, 3.05) is 63.9 Å². The Morgan fingerprint density at radius 1 is 0.966 bits per heavy atom. The monoisotopic (exact) mass is 417 g/mol. The van der Waals surface area contributed by atoms with E-state index in [0.717, 1.165) is 56.8 Å². The second kappa shape index (κ2) is 10.7. The Labute approximate surface area is 179 Å². The van der Waals surface area contributed by atoms with Crippen LogP contribution in [0.15, 0.2) is 24.3 Å². The number of hydrogen-bond acceptors (Lipinski definition) is 5. The number of nitrogens with zero attached hydrogens (tertiary/aromatic N) is 3. The molecule has 3 saturated heterocycles. The minimum absolute atomic E-state index is 0.182. The fraction of sp³-hybridized carbons (Fsp3) is 0.696.